The summed E-state index contributed by atoms with van der Waals surface area (Å²) in [5.74, 6) is -5.47. The number of benzene rings is 4. The molecule has 0 unspecified atom stereocenters. The molecule has 0 aliphatic rings. The molecule has 4 aromatic heterocycles. The molecule has 8 aromatic rings. The van der Waals surface area contributed by atoms with Crippen LogP contribution in [0.25, 0.3) is 0 Å². The zero-order valence-electron chi connectivity index (χ0n) is 60.0. The first kappa shape index (κ1) is 102. The number of hydrogen-bond acceptors (Lipinski definition) is 20. The molecule has 8 rings (SSSR count). The van der Waals surface area contributed by atoms with Crippen molar-refractivity contribution in [3.8, 4) is 0 Å². The molecule has 32 heteroatoms. The third-order valence-corrected chi connectivity index (χ3v) is 18.7. The number of pyridine rings is 4. The van der Waals surface area contributed by atoms with Crippen LogP contribution in [0.5, 0.6) is 0 Å². The van der Waals surface area contributed by atoms with Gasteiger partial charge in [0.05, 0.1) is 67.6 Å². The molecule has 26 nitrogen and oxygen atoms in total. The maximum Gasteiger partial charge on any atom is 2.00 e. The number of sulfonamides is 4. The average Bonchev–Trinajstić information content (AvgIpc) is 0.853. The summed E-state index contributed by atoms with van der Waals surface area (Å²) >= 11 is 0. The van der Waals surface area contributed by atoms with Crippen LogP contribution in [0.2, 0.25) is 0 Å². The Morgan fingerprint density at radius 1 is 0.288 bits per heavy atom. The van der Waals surface area contributed by atoms with E-state index in [1.807, 2.05) is 156 Å². The molecule has 4 aromatic carbocycles. The van der Waals surface area contributed by atoms with Gasteiger partial charge in [-0.3, -0.25) is 19.9 Å². The van der Waals surface area contributed by atoms with Gasteiger partial charge in [0.2, 0.25) is 40.1 Å². The van der Waals surface area contributed by atoms with E-state index in [-0.39, 0.29) is 113 Å². The van der Waals surface area contributed by atoms with Crippen LogP contribution >= 0.6 is 0 Å². The molecule has 0 saturated carbocycles. The minimum atomic E-state index is -3.84. The van der Waals surface area contributed by atoms with Crippen molar-refractivity contribution in [3.05, 3.63) is 242 Å². The largest absolute Gasteiger partial charge is 2.00 e. The van der Waals surface area contributed by atoms with Crippen LogP contribution < -0.4 is 39.3 Å². The second-order valence-corrected chi connectivity index (χ2v) is 30.7. The van der Waals surface area contributed by atoms with Crippen LogP contribution in [0.15, 0.2) is 239 Å². The molecule has 0 spiro atoms. The summed E-state index contributed by atoms with van der Waals surface area (Å²) in [4.78, 5) is 59.2. The smallest absolute Gasteiger partial charge is 0.548 e. The number of aryl methyl sites for hydroxylation is 4. The van der Waals surface area contributed by atoms with E-state index in [1.54, 1.807) is 98.1 Å². The predicted molar refractivity (Wildman–Crippen MR) is 386 cm³/mol. The third kappa shape index (κ3) is 46.6. The number of nitrogens with one attached hydrogen (secondary N) is 4. The molecule has 4 atom stereocenters. The maximum atomic E-state index is 12.0. The van der Waals surface area contributed by atoms with Crippen LogP contribution in [0.1, 0.15) is 103 Å². The number of carboxylic acids is 4. The van der Waals surface area contributed by atoms with Crippen molar-refractivity contribution in [2.75, 3.05) is 0 Å². The standard InChI is InChI=1S/4C13H19NO4S.4C5H5N.2Ni.2H2O/c4*1-9(2)8-12(13(15)16)14-19(17,18)11-6-4-10(3)5-7-11;4*1-2-4-6-5-3-1;;;;/h4*4-7,9,12,14H,8H2,1-3H3,(H,15,16);4*1-5H;;;2*1H2/q;;;;;;;;2*+2;;/p-2/t4*12-;;;;;;;;/m0000......../s1. The topological polar surface area (TPSA) is 463 Å². The van der Waals surface area contributed by atoms with Gasteiger partial charge in [-0.25, -0.2) is 52.6 Å². The van der Waals surface area contributed by atoms with Crippen molar-refractivity contribution in [2.45, 2.75) is 153 Å². The minimum absolute atomic E-state index is 0. The van der Waals surface area contributed by atoms with E-state index < -0.39 is 88.1 Å². The molecule has 0 radical (unpaired) electrons. The molecule has 104 heavy (non-hydrogen) atoms. The SMILES string of the molecule is Cc1ccc(S(=O)(=O)N[C@@H](CC(C)C)C(=O)[O-])cc1.Cc1ccc(S(=O)(=O)N[C@@H](CC(C)C)C(=O)[O-])cc1.Cc1ccc(S(=O)(=O)N[C@@H](CC(C)C)C(=O)[O-])cc1.Cc1ccc(S(=O)(=O)N[C@@H](CC(C)C)C(=O)[O-])cc1.[Ni+2].[Ni+2].[OH3+].[OH3+].c1ccncc1.c1ccncc1.c1ccncc1.c1ccncc1. The maximum absolute atomic E-state index is 12.0. The second kappa shape index (κ2) is 54.5. The third-order valence-electron chi connectivity index (χ3n) is 12.7. The van der Waals surface area contributed by atoms with E-state index in [2.05, 4.69) is 38.8 Å². The van der Waals surface area contributed by atoms with E-state index in [4.69, 9.17) is 0 Å². The fraction of sp³-hybridized carbons (Fsp3) is 0.333. The first-order valence-corrected chi connectivity index (χ1v) is 37.4. The number of rotatable bonds is 24. The zero-order chi connectivity index (χ0) is 75.5. The number of aromatic nitrogens is 4. The Morgan fingerprint density at radius 2 is 0.423 bits per heavy atom. The molecule has 0 bridgehead atoms. The predicted octanol–water partition coefficient (Wildman–Crippen LogP) is 4.23. The van der Waals surface area contributed by atoms with Crippen molar-refractivity contribution in [2.24, 2.45) is 23.7 Å². The zero-order valence-corrected chi connectivity index (χ0v) is 65.2. The Labute approximate surface area is 633 Å². The molecule has 0 fully saturated rings. The fourth-order valence-electron chi connectivity index (χ4n) is 7.80. The molecular formula is C72H98N8Ni2O18S4+2. The van der Waals surface area contributed by atoms with Gasteiger partial charge in [-0.05, 0) is 174 Å². The summed E-state index contributed by atoms with van der Waals surface area (Å²) in [6.07, 6.45) is 14.8. The average molecular weight is 1610 g/mol. The number of nitrogens with zero attached hydrogens (tertiary/aromatic N) is 4. The molecule has 576 valence electrons. The number of carboxylic acid groups (broad SMARTS) is 4. The van der Waals surface area contributed by atoms with Crippen molar-refractivity contribution < 1.29 is 117 Å². The Kier molecular flexibility index (Phi) is 53.6. The van der Waals surface area contributed by atoms with E-state index in [1.165, 1.54) is 48.5 Å². The first-order chi connectivity index (χ1) is 46.9. The number of aliphatic carboxylic acids is 4. The molecule has 0 amide bonds. The molecular weight excluding hydrogens is 1510 g/mol. The van der Waals surface area contributed by atoms with Crippen LogP contribution in [-0.4, -0.2) is 102 Å². The van der Waals surface area contributed by atoms with Gasteiger partial charge in [-0.15, -0.1) is 0 Å². The second-order valence-electron chi connectivity index (χ2n) is 23.8. The Balaban J connectivity index is -0.000000570. The van der Waals surface area contributed by atoms with Gasteiger partial charge in [-0.1, -0.05) is 150 Å². The molecule has 10 N–H and O–H groups in total. The van der Waals surface area contributed by atoms with Crippen molar-refractivity contribution >= 4 is 64.0 Å². The van der Waals surface area contributed by atoms with Gasteiger partial charge in [0.1, 0.15) is 0 Å². The summed E-state index contributed by atoms with van der Waals surface area (Å²) in [7, 11) is -15.4. The minimum Gasteiger partial charge on any atom is -0.548 e. The monoisotopic (exact) mass is 1610 g/mol. The normalized spacial score (nSPS) is 11.7. The van der Waals surface area contributed by atoms with E-state index >= 15 is 0 Å². The van der Waals surface area contributed by atoms with Gasteiger partial charge in [0.25, 0.3) is 0 Å². The van der Waals surface area contributed by atoms with E-state index in [0.29, 0.717) is 0 Å². The quantitative estimate of drug-likeness (QED) is 0.0485. The Hall–Kier alpha value is -8.09. The van der Waals surface area contributed by atoms with Crippen molar-refractivity contribution in [1.29, 1.82) is 0 Å². The van der Waals surface area contributed by atoms with Gasteiger partial charge >= 0.3 is 33.0 Å². The summed E-state index contributed by atoms with van der Waals surface area (Å²) in [6.45, 7) is 21.9. The van der Waals surface area contributed by atoms with Crippen molar-refractivity contribution in [3.63, 3.8) is 0 Å². The van der Waals surface area contributed by atoms with Gasteiger partial charge in [-0.2, -0.15) is 0 Å². The number of carbonyl (C=O) groups is 4. The van der Waals surface area contributed by atoms with E-state index in [9.17, 15) is 73.3 Å². The summed E-state index contributed by atoms with van der Waals surface area (Å²) in [5, 5.41) is 43.8. The van der Waals surface area contributed by atoms with Crippen LogP contribution in [-0.2, 0) is 103 Å². The molecule has 0 aliphatic heterocycles. The van der Waals surface area contributed by atoms with E-state index in [0.717, 1.165) is 22.3 Å². The van der Waals surface area contributed by atoms with Crippen molar-refractivity contribution in [1.82, 2.24) is 38.8 Å². The molecule has 0 saturated heterocycles. The molecule has 0 aliphatic carbocycles. The van der Waals surface area contributed by atoms with Crippen LogP contribution in [0.4, 0.5) is 0 Å². The van der Waals surface area contributed by atoms with Crippen LogP contribution in [0.3, 0.4) is 0 Å². The van der Waals surface area contributed by atoms with Crippen LogP contribution in [0, 0.1) is 51.4 Å². The van der Waals surface area contributed by atoms with Gasteiger partial charge in [0, 0.05) is 49.6 Å². The fourth-order valence-corrected chi connectivity index (χ4v) is 12.6. The van der Waals surface area contributed by atoms with Gasteiger partial charge in [0.15, 0.2) is 0 Å². The first-order valence-electron chi connectivity index (χ1n) is 31.5. The Morgan fingerprint density at radius 3 is 0.510 bits per heavy atom. The summed E-state index contributed by atoms with van der Waals surface area (Å²) < 4.78 is 105. The molecule has 4 heterocycles. The Bertz CT molecular complexity index is 3420. The number of hydrogen-bond donors (Lipinski definition) is 4. The summed E-state index contributed by atoms with van der Waals surface area (Å²) in [6, 6.07) is 42.8. The summed E-state index contributed by atoms with van der Waals surface area (Å²) in [5.41, 5.74) is 3.71. The number of carbonyl (C=O) groups excluding carboxylic acids is 4. The van der Waals surface area contributed by atoms with Gasteiger partial charge < -0.3 is 50.6 Å².